The fourth-order valence-corrected chi connectivity index (χ4v) is 8.35. The standard InChI is InChI=1S/C25H32N2O6/c1-5-18(28)27-17-7-9-23-8-6-11-26-12-10-24(17,25(23,26)33-19(29)14-23)15-13-16(30-2)21(31-3)22(32-4)20(15)27/h13,17H,5-12,14H2,1-4H3/t17-,23-,24-,25+/m1/s1. The van der Waals surface area contributed by atoms with Gasteiger partial charge in [0.2, 0.25) is 11.7 Å². The molecule has 2 spiro atoms. The zero-order valence-corrected chi connectivity index (χ0v) is 19.9. The average Bonchev–Trinajstić information content (AvgIpc) is 3.43. The van der Waals surface area contributed by atoms with Crippen LogP contribution in [0.1, 0.15) is 57.4 Å². The zero-order valence-electron chi connectivity index (χ0n) is 19.9. The Morgan fingerprint density at radius 3 is 2.61 bits per heavy atom. The van der Waals surface area contributed by atoms with E-state index in [0.29, 0.717) is 30.1 Å². The van der Waals surface area contributed by atoms with Gasteiger partial charge in [0.05, 0.1) is 44.9 Å². The molecule has 1 aromatic rings. The fraction of sp³-hybridized carbons (Fsp3) is 0.680. The Morgan fingerprint density at radius 2 is 1.91 bits per heavy atom. The van der Waals surface area contributed by atoms with Gasteiger partial charge in [0.15, 0.2) is 17.2 Å². The highest BCUT2D eigenvalue weighted by Gasteiger charge is 2.82. The molecule has 0 N–H and O–H groups in total. The van der Waals surface area contributed by atoms with Crippen LogP contribution < -0.4 is 19.1 Å². The molecule has 4 fully saturated rings. The lowest BCUT2D eigenvalue weighted by Gasteiger charge is -2.61. The van der Waals surface area contributed by atoms with Gasteiger partial charge in [0, 0.05) is 24.9 Å². The number of carbonyl (C=O) groups is 2. The number of ether oxygens (including phenoxy) is 4. The normalized spacial score (nSPS) is 35.9. The minimum absolute atomic E-state index is 0.0473. The first-order chi connectivity index (χ1) is 15.9. The van der Waals surface area contributed by atoms with Gasteiger partial charge in [-0.1, -0.05) is 6.92 Å². The number of fused-ring (bicyclic) bond motifs is 1. The molecule has 4 heterocycles. The first kappa shape index (κ1) is 21.1. The number of esters is 1. The number of nitrogens with zero attached hydrogens (tertiary/aromatic N) is 2. The van der Waals surface area contributed by atoms with Crippen molar-refractivity contribution in [2.75, 3.05) is 39.3 Å². The smallest absolute Gasteiger partial charge is 0.308 e. The van der Waals surface area contributed by atoms with Crippen LogP contribution in [0.25, 0.3) is 0 Å². The molecule has 0 aromatic heterocycles. The molecule has 0 unspecified atom stereocenters. The van der Waals surface area contributed by atoms with E-state index < -0.39 is 11.1 Å². The average molecular weight is 457 g/mol. The van der Waals surface area contributed by atoms with Crippen LogP contribution in [0.5, 0.6) is 17.2 Å². The summed E-state index contributed by atoms with van der Waals surface area (Å²) in [7, 11) is 4.80. The molecular weight excluding hydrogens is 424 g/mol. The van der Waals surface area contributed by atoms with Crippen molar-refractivity contribution in [1.29, 1.82) is 0 Å². The van der Waals surface area contributed by atoms with Gasteiger partial charge in [-0.3, -0.25) is 14.5 Å². The molecular formula is C25H32N2O6. The first-order valence-corrected chi connectivity index (χ1v) is 12.1. The maximum atomic E-state index is 13.5. The number of piperidine rings is 1. The number of anilines is 1. The maximum Gasteiger partial charge on any atom is 0.308 e. The Hall–Kier alpha value is -2.48. The van der Waals surface area contributed by atoms with E-state index in [-0.39, 0.29) is 23.3 Å². The van der Waals surface area contributed by atoms with Crippen molar-refractivity contribution in [2.24, 2.45) is 5.41 Å². The highest BCUT2D eigenvalue weighted by molar-refractivity contribution is 6.01. The summed E-state index contributed by atoms with van der Waals surface area (Å²) >= 11 is 0. The summed E-state index contributed by atoms with van der Waals surface area (Å²) in [5.41, 5.74) is 0.267. The van der Waals surface area contributed by atoms with E-state index in [2.05, 4.69) is 4.90 Å². The minimum Gasteiger partial charge on any atom is -0.493 e. The molecule has 4 atom stereocenters. The van der Waals surface area contributed by atoms with Crippen molar-refractivity contribution in [2.45, 2.75) is 69.1 Å². The SMILES string of the molecule is CCC(=O)N1c2c(cc(OC)c(OC)c2OC)[C@]23CCN4CCC[C@@]5(CC[C@@H]12)CC(=O)O[C@@]453. The summed E-state index contributed by atoms with van der Waals surface area (Å²) < 4.78 is 23.8. The van der Waals surface area contributed by atoms with Crippen LogP contribution in [0.2, 0.25) is 0 Å². The third kappa shape index (κ3) is 2.13. The molecule has 1 saturated carbocycles. The van der Waals surface area contributed by atoms with Gasteiger partial charge in [0.1, 0.15) is 0 Å². The predicted octanol–water partition coefficient (Wildman–Crippen LogP) is 3.00. The Kier molecular flexibility index (Phi) is 4.33. The molecule has 0 radical (unpaired) electrons. The van der Waals surface area contributed by atoms with Crippen molar-refractivity contribution in [1.82, 2.24) is 4.90 Å². The van der Waals surface area contributed by atoms with Gasteiger partial charge >= 0.3 is 5.97 Å². The lowest BCUT2D eigenvalue weighted by molar-refractivity contribution is -0.230. The molecule has 1 aliphatic carbocycles. The first-order valence-electron chi connectivity index (χ1n) is 12.1. The van der Waals surface area contributed by atoms with Gasteiger partial charge in [-0.2, -0.15) is 0 Å². The van der Waals surface area contributed by atoms with Crippen LogP contribution in [0.3, 0.4) is 0 Å². The maximum absolute atomic E-state index is 13.5. The lowest BCUT2D eigenvalue weighted by Crippen LogP contribution is -2.73. The van der Waals surface area contributed by atoms with Crippen molar-refractivity contribution < 1.29 is 28.5 Å². The van der Waals surface area contributed by atoms with Crippen molar-refractivity contribution >= 4 is 17.6 Å². The molecule has 5 aliphatic rings. The molecule has 1 aromatic carbocycles. The van der Waals surface area contributed by atoms with E-state index in [9.17, 15) is 9.59 Å². The number of hydrogen-bond acceptors (Lipinski definition) is 7. The van der Waals surface area contributed by atoms with E-state index >= 15 is 0 Å². The molecule has 3 saturated heterocycles. The van der Waals surface area contributed by atoms with Crippen LogP contribution in [-0.4, -0.2) is 63.0 Å². The minimum atomic E-state index is -0.736. The summed E-state index contributed by atoms with van der Waals surface area (Å²) in [6, 6.07) is 1.91. The van der Waals surface area contributed by atoms with Crippen molar-refractivity contribution in [3.8, 4) is 17.2 Å². The number of carbonyl (C=O) groups excluding carboxylic acids is 2. The third-order valence-corrected chi connectivity index (χ3v) is 9.25. The van der Waals surface area contributed by atoms with Crippen LogP contribution in [0.15, 0.2) is 6.07 Å². The summed E-state index contributed by atoms with van der Waals surface area (Å²) in [6.07, 6.45) is 5.42. The van der Waals surface area contributed by atoms with Crippen LogP contribution in [0.4, 0.5) is 5.69 Å². The monoisotopic (exact) mass is 456 g/mol. The number of benzene rings is 1. The highest BCUT2D eigenvalue weighted by atomic mass is 16.6. The zero-order chi connectivity index (χ0) is 23.2. The lowest BCUT2D eigenvalue weighted by atomic mass is 9.50. The largest absolute Gasteiger partial charge is 0.493 e. The van der Waals surface area contributed by atoms with E-state index in [1.165, 1.54) is 0 Å². The summed E-state index contributed by atoms with van der Waals surface area (Å²) in [4.78, 5) is 30.9. The Morgan fingerprint density at radius 1 is 1.12 bits per heavy atom. The quantitative estimate of drug-likeness (QED) is 0.645. The highest BCUT2D eigenvalue weighted by Crippen LogP contribution is 2.75. The van der Waals surface area contributed by atoms with Crippen LogP contribution in [-0.2, 0) is 19.7 Å². The number of rotatable bonds is 4. The topological polar surface area (TPSA) is 77.5 Å². The Bertz CT molecular complexity index is 1060. The molecule has 8 nitrogen and oxygen atoms in total. The van der Waals surface area contributed by atoms with Gasteiger partial charge in [0.25, 0.3) is 0 Å². The van der Waals surface area contributed by atoms with Crippen LogP contribution >= 0.6 is 0 Å². The summed E-state index contributed by atoms with van der Waals surface area (Å²) in [5.74, 6) is 1.49. The Labute approximate surface area is 194 Å². The second kappa shape index (κ2) is 6.78. The van der Waals surface area contributed by atoms with E-state index in [0.717, 1.165) is 56.4 Å². The number of hydrogen-bond donors (Lipinski definition) is 0. The fourth-order valence-electron chi connectivity index (χ4n) is 8.35. The van der Waals surface area contributed by atoms with E-state index in [1.54, 1.807) is 21.3 Å². The van der Waals surface area contributed by atoms with Gasteiger partial charge in [-0.05, 0) is 43.7 Å². The number of methoxy groups -OCH3 is 3. The third-order valence-electron chi connectivity index (χ3n) is 9.25. The second-order valence-corrected chi connectivity index (χ2v) is 10.1. The van der Waals surface area contributed by atoms with Crippen LogP contribution in [0, 0.1) is 5.41 Å². The predicted molar refractivity (Wildman–Crippen MR) is 120 cm³/mol. The molecule has 1 amide bonds. The molecule has 6 rings (SSSR count). The van der Waals surface area contributed by atoms with Crippen molar-refractivity contribution in [3.63, 3.8) is 0 Å². The Balaban J connectivity index is 1.71. The molecule has 178 valence electrons. The molecule has 0 bridgehead atoms. The molecule has 8 heteroatoms. The van der Waals surface area contributed by atoms with Gasteiger partial charge < -0.3 is 23.8 Å². The van der Waals surface area contributed by atoms with Gasteiger partial charge in [-0.25, -0.2) is 0 Å². The molecule has 4 aliphatic heterocycles. The van der Waals surface area contributed by atoms with E-state index in [4.69, 9.17) is 18.9 Å². The van der Waals surface area contributed by atoms with Gasteiger partial charge in [-0.15, -0.1) is 0 Å². The summed E-state index contributed by atoms with van der Waals surface area (Å²) in [6.45, 7) is 3.64. The molecule has 33 heavy (non-hydrogen) atoms. The number of amides is 1. The van der Waals surface area contributed by atoms with Crippen molar-refractivity contribution in [3.05, 3.63) is 11.6 Å². The second-order valence-electron chi connectivity index (χ2n) is 10.1. The summed E-state index contributed by atoms with van der Waals surface area (Å²) in [5, 5.41) is 0. The van der Waals surface area contributed by atoms with E-state index in [1.807, 2.05) is 17.9 Å².